The van der Waals surface area contributed by atoms with Crippen molar-refractivity contribution in [2.24, 2.45) is 0 Å². The van der Waals surface area contributed by atoms with Gasteiger partial charge in [0.2, 0.25) is 5.56 Å². The average molecular weight is 205 g/mol. The van der Waals surface area contributed by atoms with Crippen LogP contribution in [0.2, 0.25) is 0 Å². The molecule has 15 heavy (non-hydrogen) atoms. The maximum atomic E-state index is 11.1. The van der Waals surface area contributed by atoms with E-state index in [1.54, 1.807) is 12.1 Å². The van der Waals surface area contributed by atoms with Gasteiger partial charge in [-0.15, -0.1) is 0 Å². The van der Waals surface area contributed by atoms with Crippen LogP contribution in [-0.4, -0.2) is 21.8 Å². The average Bonchev–Trinajstić information content (AvgIpc) is 2.23. The molecule has 0 bridgehead atoms. The van der Waals surface area contributed by atoms with Gasteiger partial charge in [0.1, 0.15) is 5.75 Å². The van der Waals surface area contributed by atoms with E-state index in [1.165, 1.54) is 12.1 Å². The zero-order valence-electron chi connectivity index (χ0n) is 8.03. The molecule has 4 heteroatoms. The third-order valence-electron chi connectivity index (χ3n) is 2.34. The van der Waals surface area contributed by atoms with Crippen LogP contribution in [0.25, 0.3) is 10.9 Å². The first kappa shape index (κ1) is 9.73. The molecule has 3 N–H and O–H groups in total. The lowest BCUT2D eigenvalue weighted by atomic mass is 10.1. The van der Waals surface area contributed by atoms with Gasteiger partial charge < -0.3 is 15.2 Å². The largest absolute Gasteiger partial charge is 0.506 e. The van der Waals surface area contributed by atoms with E-state index >= 15 is 0 Å². The second kappa shape index (κ2) is 3.74. The van der Waals surface area contributed by atoms with Crippen molar-refractivity contribution in [1.82, 2.24) is 4.98 Å². The van der Waals surface area contributed by atoms with Crippen molar-refractivity contribution in [3.8, 4) is 5.75 Å². The van der Waals surface area contributed by atoms with E-state index in [0.29, 0.717) is 11.9 Å². The second-order valence-corrected chi connectivity index (χ2v) is 3.33. The Morgan fingerprint density at radius 3 is 2.73 bits per heavy atom. The molecule has 78 valence electrons. The van der Waals surface area contributed by atoms with Crippen molar-refractivity contribution in [2.45, 2.75) is 6.42 Å². The fourth-order valence-electron chi connectivity index (χ4n) is 1.64. The molecule has 2 rings (SSSR count). The number of aliphatic hydroxyl groups is 1. The Balaban J connectivity index is 2.76. The van der Waals surface area contributed by atoms with E-state index in [0.717, 1.165) is 10.9 Å². The predicted molar refractivity (Wildman–Crippen MR) is 57.0 cm³/mol. The Kier molecular flexibility index (Phi) is 2.43. The van der Waals surface area contributed by atoms with Crippen LogP contribution < -0.4 is 5.56 Å². The number of hydrogen-bond donors (Lipinski definition) is 3. The zero-order chi connectivity index (χ0) is 10.8. The SMILES string of the molecule is O=c1ccc2c(CCO)ccc(O)c2[nH]1. The van der Waals surface area contributed by atoms with Gasteiger partial charge in [0.05, 0.1) is 5.52 Å². The van der Waals surface area contributed by atoms with Gasteiger partial charge >= 0.3 is 0 Å². The summed E-state index contributed by atoms with van der Waals surface area (Å²) in [4.78, 5) is 13.7. The first-order valence-electron chi connectivity index (χ1n) is 4.67. The topological polar surface area (TPSA) is 73.3 Å². The van der Waals surface area contributed by atoms with Crippen LogP contribution in [0.1, 0.15) is 5.56 Å². The Hall–Kier alpha value is -1.81. The first-order chi connectivity index (χ1) is 7.22. The summed E-state index contributed by atoms with van der Waals surface area (Å²) < 4.78 is 0. The van der Waals surface area contributed by atoms with Crippen molar-refractivity contribution in [1.29, 1.82) is 0 Å². The molecule has 1 aromatic carbocycles. The molecule has 0 atom stereocenters. The molecular formula is C11H11NO3. The summed E-state index contributed by atoms with van der Waals surface area (Å²) in [5, 5.41) is 19.2. The highest BCUT2D eigenvalue weighted by molar-refractivity contribution is 5.87. The van der Waals surface area contributed by atoms with Crippen molar-refractivity contribution in [2.75, 3.05) is 6.61 Å². The molecule has 4 nitrogen and oxygen atoms in total. The fraction of sp³-hybridized carbons (Fsp3) is 0.182. The molecule has 0 radical (unpaired) electrons. The van der Waals surface area contributed by atoms with Gasteiger partial charge in [-0.25, -0.2) is 0 Å². The quantitative estimate of drug-likeness (QED) is 0.678. The van der Waals surface area contributed by atoms with E-state index in [1.807, 2.05) is 0 Å². The number of H-pyrrole nitrogens is 1. The minimum atomic E-state index is -0.251. The first-order valence-corrected chi connectivity index (χ1v) is 4.67. The molecule has 0 saturated carbocycles. The van der Waals surface area contributed by atoms with Crippen LogP contribution in [0.15, 0.2) is 29.1 Å². The number of aliphatic hydroxyl groups excluding tert-OH is 1. The number of pyridine rings is 1. The van der Waals surface area contributed by atoms with Crippen molar-refractivity contribution in [3.63, 3.8) is 0 Å². The highest BCUT2D eigenvalue weighted by Gasteiger charge is 2.05. The van der Waals surface area contributed by atoms with E-state index in [-0.39, 0.29) is 17.9 Å². The van der Waals surface area contributed by atoms with Crippen molar-refractivity contribution < 1.29 is 10.2 Å². The summed E-state index contributed by atoms with van der Waals surface area (Å²) in [5.41, 5.74) is 1.08. The summed E-state index contributed by atoms with van der Waals surface area (Å²) in [6, 6.07) is 6.32. The molecule has 0 unspecified atom stereocenters. The molecule has 2 aromatic rings. The number of aromatic hydroxyl groups is 1. The maximum absolute atomic E-state index is 11.1. The Bertz CT molecular complexity index is 545. The van der Waals surface area contributed by atoms with Crippen LogP contribution in [-0.2, 0) is 6.42 Å². The smallest absolute Gasteiger partial charge is 0.248 e. The van der Waals surface area contributed by atoms with Crippen LogP contribution in [0.4, 0.5) is 0 Å². The summed E-state index contributed by atoms with van der Waals surface area (Å²) in [5.74, 6) is 0.0457. The lowest BCUT2D eigenvalue weighted by Gasteiger charge is -2.05. The monoisotopic (exact) mass is 205 g/mol. The number of aromatic nitrogens is 1. The van der Waals surface area contributed by atoms with E-state index < -0.39 is 0 Å². The predicted octanol–water partition coefficient (Wildman–Crippen LogP) is 0.768. The Morgan fingerprint density at radius 2 is 2.00 bits per heavy atom. The molecule has 0 fully saturated rings. The van der Waals surface area contributed by atoms with Gasteiger partial charge in [-0.05, 0) is 24.1 Å². The summed E-state index contributed by atoms with van der Waals surface area (Å²) >= 11 is 0. The lowest BCUT2D eigenvalue weighted by molar-refractivity contribution is 0.300. The lowest BCUT2D eigenvalue weighted by Crippen LogP contribution is -2.04. The minimum absolute atomic E-state index is 0.0407. The number of phenolic OH excluding ortho intramolecular Hbond substituents is 1. The van der Waals surface area contributed by atoms with E-state index in [9.17, 15) is 9.90 Å². The van der Waals surface area contributed by atoms with Crippen LogP contribution >= 0.6 is 0 Å². The molecule has 0 saturated heterocycles. The molecular weight excluding hydrogens is 194 g/mol. The molecule has 1 heterocycles. The minimum Gasteiger partial charge on any atom is -0.506 e. The second-order valence-electron chi connectivity index (χ2n) is 3.33. The Morgan fingerprint density at radius 1 is 1.20 bits per heavy atom. The van der Waals surface area contributed by atoms with Gasteiger partial charge in [-0.1, -0.05) is 6.07 Å². The molecule has 0 aliphatic rings. The van der Waals surface area contributed by atoms with E-state index in [2.05, 4.69) is 4.98 Å². The third-order valence-corrected chi connectivity index (χ3v) is 2.34. The zero-order valence-corrected chi connectivity index (χ0v) is 8.03. The normalized spacial score (nSPS) is 10.7. The van der Waals surface area contributed by atoms with Crippen LogP contribution in [0.3, 0.4) is 0 Å². The number of phenols is 1. The summed E-state index contributed by atoms with van der Waals surface area (Å²) in [6.07, 6.45) is 0.503. The van der Waals surface area contributed by atoms with Gasteiger partial charge in [-0.3, -0.25) is 4.79 Å². The third kappa shape index (κ3) is 1.71. The van der Waals surface area contributed by atoms with Crippen molar-refractivity contribution >= 4 is 10.9 Å². The van der Waals surface area contributed by atoms with Crippen LogP contribution in [0, 0.1) is 0 Å². The van der Waals surface area contributed by atoms with Gasteiger partial charge in [0, 0.05) is 18.1 Å². The number of rotatable bonds is 2. The summed E-state index contributed by atoms with van der Waals surface area (Å²) in [6.45, 7) is 0.0407. The molecule has 0 spiro atoms. The fourth-order valence-corrected chi connectivity index (χ4v) is 1.64. The Labute approximate surface area is 85.8 Å². The van der Waals surface area contributed by atoms with Gasteiger partial charge in [0.25, 0.3) is 0 Å². The molecule has 0 amide bonds. The number of fused-ring (bicyclic) bond motifs is 1. The van der Waals surface area contributed by atoms with E-state index in [4.69, 9.17) is 5.11 Å². The highest BCUT2D eigenvalue weighted by atomic mass is 16.3. The van der Waals surface area contributed by atoms with Gasteiger partial charge in [0.15, 0.2) is 0 Å². The molecule has 0 aliphatic carbocycles. The number of aromatic amines is 1. The number of benzene rings is 1. The number of nitrogens with one attached hydrogen (secondary N) is 1. The molecule has 0 aliphatic heterocycles. The van der Waals surface area contributed by atoms with Crippen LogP contribution in [0.5, 0.6) is 5.75 Å². The maximum Gasteiger partial charge on any atom is 0.248 e. The summed E-state index contributed by atoms with van der Waals surface area (Å²) in [7, 11) is 0. The van der Waals surface area contributed by atoms with Crippen molar-refractivity contribution in [3.05, 3.63) is 40.2 Å². The molecule has 1 aromatic heterocycles. The standard InChI is InChI=1S/C11H11NO3/c13-6-5-7-1-3-9(14)11-8(7)2-4-10(15)12-11/h1-4,13-14H,5-6H2,(H,12,15). The van der Waals surface area contributed by atoms with Gasteiger partial charge in [-0.2, -0.15) is 0 Å². The highest BCUT2D eigenvalue weighted by Crippen LogP contribution is 2.24. The number of hydrogen-bond acceptors (Lipinski definition) is 3.